The number of thiazole rings is 1. The monoisotopic (exact) mass is 336 g/mol. The minimum Gasteiger partial charge on any atom is -0.497 e. The number of hydrogen-bond acceptors (Lipinski definition) is 3. The Morgan fingerprint density at radius 1 is 1.33 bits per heavy atom. The lowest BCUT2D eigenvalue weighted by Gasteiger charge is -2.02. The summed E-state index contributed by atoms with van der Waals surface area (Å²) in [5.41, 5.74) is 2.44. The van der Waals surface area contributed by atoms with Crippen LogP contribution in [0.25, 0.3) is 10.2 Å². The molecule has 120 valence electrons. The summed E-state index contributed by atoms with van der Waals surface area (Å²) in [5.74, 6) is 3.11. The lowest BCUT2D eigenvalue weighted by molar-refractivity contribution is 0.0997. The molecule has 0 aliphatic heterocycles. The average Bonchev–Trinajstić information content (AvgIpc) is 2.92. The molecule has 1 amide bonds. The second-order valence-corrected chi connectivity index (χ2v) is 6.25. The standard InChI is InChI=1S/C19H16N2O2S/c1-4-11-21-16-10-9-14(23-3)12-17(16)24-19(21)20-18(22)15-8-6-5-7-13(15)2/h1,5-10,12H,11H2,2-3H3. The molecule has 24 heavy (non-hydrogen) atoms. The first-order valence-electron chi connectivity index (χ1n) is 7.39. The summed E-state index contributed by atoms with van der Waals surface area (Å²) >= 11 is 1.42. The fourth-order valence-electron chi connectivity index (χ4n) is 2.47. The molecular weight excluding hydrogens is 320 g/mol. The van der Waals surface area contributed by atoms with Gasteiger partial charge < -0.3 is 9.30 Å². The van der Waals surface area contributed by atoms with Crippen LogP contribution < -0.4 is 9.54 Å². The molecule has 0 fully saturated rings. The number of hydrogen-bond donors (Lipinski definition) is 0. The van der Waals surface area contributed by atoms with Gasteiger partial charge in [-0.15, -0.1) is 6.42 Å². The van der Waals surface area contributed by atoms with Crippen LogP contribution in [-0.4, -0.2) is 17.6 Å². The number of carbonyl (C=O) groups excluding carboxylic acids is 1. The van der Waals surface area contributed by atoms with Crippen molar-refractivity contribution in [3.8, 4) is 18.1 Å². The molecule has 0 saturated heterocycles. The van der Waals surface area contributed by atoms with E-state index in [2.05, 4.69) is 10.9 Å². The third-order valence-electron chi connectivity index (χ3n) is 3.71. The second-order valence-electron chi connectivity index (χ2n) is 5.24. The number of aromatic nitrogens is 1. The van der Waals surface area contributed by atoms with E-state index in [9.17, 15) is 4.79 Å². The van der Waals surface area contributed by atoms with Crippen molar-refractivity contribution in [1.29, 1.82) is 0 Å². The molecular formula is C19H16N2O2S. The Hall–Kier alpha value is -2.84. The number of benzene rings is 2. The number of rotatable bonds is 3. The molecule has 2 aromatic carbocycles. The third kappa shape index (κ3) is 2.97. The maximum atomic E-state index is 12.5. The van der Waals surface area contributed by atoms with Crippen LogP contribution in [0.5, 0.6) is 5.75 Å². The molecule has 0 spiro atoms. The van der Waals surface area contributed by atoms with Crippen molar-refractivity contribution >= 4 is 27.5 Å². The highest BCUT2D eigenvalue weighted by molar-refractivity contribution is 7.16. The third-order valence-corrected chi connectivity index (χ3v) is 4.75. The van der Waals surface area contributed by atoms with Crippen LogP contribution in [0.15, 0.2) is 47.5 Å². The number of methoxy groups -OCH3 is 1. The van der Waals surface area contributed by atoms with E-state index in [1.54, 1.807) is 13.2 Å². The first kappa shape index (κ1) is 16.0. The van der Waals surface area contributed by atoms with Crippen LogP contribution in [0.2, 0.25) is 0 Å². The van der Waals surface area contributed by atoms with E-state index in [0.717, 1.165) is 21.5 Å². The molecule has 0 aliphatic rings. The van der Waals surface area contributed by atoms with E-state index in [0.29, 0.717) is 16.9 Å². The number of amides is 1. The van der Waals surface area contributed by atoms with E-state index in [1.807, 2.05) is 47.9 Å². The first-order valence-corrected chi connectivity index (χ1v) is 8.21. The molecule has 4 nitrogen and oxygen atoms in total. The number of ether oxygens (including phenoxy) is 1. The van der Waals surface area contributed by atoms with Crippen molar-refractivity contribution in [1.82, 2.24) is 4.57 Å². The summed E-state index contributed by atoms with van der Waals surface area (Å²) in [6.45, 7) is 2.25. The average molecular weight is 336 g/mol. The van der Waals surface area contributed by atoms with Crippen LogP contribution >= 0.6 is 11.3 Å². The Morgan fingerprint density at radius 2 is 2.12 bits per heavy atom. The Bertz CT molecular complexity index is 1020. The molecule has 0 bridgehead atoms. The highest BCUT2D eigenvalue weighted by Crippen LogP contribution is 2.23. The molecule has 0 atom stereocenters. The van der Waals surface area contributed by atoms with Gasteiger partial charge in [-0.2, -0.15) is 4.99 Å². The van der Waals surface area contributed by atoms with E-state index in [1.165, 1.54) is 11.3 Å². The fourth-order valence-corrected chi connectivity index (χ4v) is 3.53. The van der Waals surface area contributed by atoms with Crippen molar-refractivity contribution in [3.63, 3.8) is 0 Å². The van der Waals surface area contributed by atoms with Crippen LogP contribution in [0.3, 0.4) is 0 Å². The van der Waals surface area contributed by atoms with E-state index < -0.39 is 0 Å². The molecule has 1 heterocycles. The number of terminal acetylenes is 1. The Morgan fingerprint density at radius 3 is 2.83 bits per heavy atom. The van der Waals surface area contributed by atoms with Crippen LogP contribution in [0.1, 0.15) is 15.9 Å². The minimum absolute atomic E-state index is 0.266. The summed E-state index contributed by atoms with van der Waals surface area (Å²) in [4.78, 5) is 17.4. The topological polar surface area (TPSA) is 43.6 Å². The van der Waals surface area contributed by atoms with Crippen LogP contribution in [0.4, 0.5) is 0 Å². The zero-order chi connectivity index (χ0) is 17.1. The molecule has 0 saturated carbocycles. The molecule has 0 unspecified atom stereocenters. The van der Waals surface area contributed by atoms with Gasteiger partial charge >= 0.3 is 0 Å². The SMILES string of the molecule is C#CCn1c(=NC(=O)c2ccccc2C)sc2cc(OC)ccc21. The van der Waals surface area contributed by atoms with Crippen LogP contribution in [-0.2, 0) is 6.54 Å². The fraction of sp³-hybridized carbons (Fsp3) is 0.158. The van der Waals surface area contributed by atoms with Gasteiger partial charge in [-0.05, 0) is 36.8 Å². The highest BCUT2D eigenvalue weighted by atomic mass is 32.1. The van der Waals surface area contributed by atoms with Crippen molar-refractivity contribution in [2.24, 2.45) is 4.99 Å². The largest absolute Gasteiger partial charge is 0.497 e. The summed E-state index contributed by atoms with van der Waals surface area (Å²) in [6.07, 6.45) is 5.48. The smallest absolute Gasteiger partial charge is 0.279 e. The number of fused-ring (bicyclic) bond motifs is 1. The predicted octanol–water partition coefficient (Wildman–Crippen LogP) is 3.39. The van der Waals surface area contributed by atoms with Gasteiger partial charge in [0.1, 0.15) is 5.75 Å². The molecule has 0 N–H and O–H groups in total. The van der Waals surface area contributed by atoms with Gasteiger partial charge in [-0.25, -0.2) is 0 Å². The van der Waals surface area contributed by atoms with Gasteiger partial charge in [0.2, 0.25) is 0 Å². The Labute approximate surface area is 144 Å². The predicted molar refractivity (Wildman–Crippen MR) is 96.3 cm³/mol. The van der Waals surface area contributed by atoms with Crippen molar-refractivity contribution < 1.29 is 9.53 Å². The van der Waals surface area contributed by atoms with Gasteiger partial charge in [-0.1, -0.05) is 35.5 Å². The van der Waals surface area contributed by atoms with Crippen molar-refractivity contribution in [2.75, 3.05) is 7.11 Å². The lowest BCUT2D eigenvalue weighted by atomic mass is 10.1. The van der Waals surface area contributed by atoms with E-state index in [-0.39, 0.29) is 5.91 Å². The Balaban J connectivity index is 2.17. The summed E-state index contributed by atoms with van der Waals surface area (Å²) in [7, 11) is 1.62. The molecule has 5 heteroatoms. The molecule has 3 aromatic rings. The number of nitrogens with zero attached hydrogens (tertiary/aromatic N) is 2. The number of carbonyl (C=O) groups is 1. The van der Waals surface area contributed by atoms with Crippen LogP contribution in [0, 0.1) is 19.3 Å². The van der Waals surface area contributed by atoms with Crippen molar-refractivity contribution in [2.45, 2.75) is 13.5 Å². The maximum Gasteiger partial charge on any atom is 0.279 e. The van der Waals surface area contributed by atoms with E-state index >= 15 is 0 Å². The molecule has 3 rings (SSSR count). The summed E-state index contributed by atoms with van der Waals surface area (Å²) in [5, 5.41) is 0. The van der Waals surface area contributed by atoms with Gasteiger partial charge in [0.15, 0.2) is 4.80 Å². The quantitative estimate of drug-likeness (QED) is 0.688. The first-order chi connectivity index (χ1) is 11.6. The number of aryl methyl sites for hydroxylation is 1. The normalized spacial score (nSPS) is 11.5. The van der Waals surface area contributed by atoms with Gasteiger partial charge in [0.25, 0.3) is 5.91 Å². The minimum atomic E-state index is -0.266. The molecule has 0 aliphatic carbocycles. The summed E-state index contributed by atoms with van der Waals surface area (Å²) < 4.78 is 8.10. The van der Waals surface area contributed by atoms with Gasteiger partial charge in [0.05, 0.1) is 23.9 Å². The van der Waals surface area contributed by atoms with E-state index in [4.69, 9.17) is 11.2 Å². The second kappa shape index (κ2) is 6.73. The summed E-state index contributed by atoms with van der Waals surface area (Å²) in [6, 6.07) is 13.1. The zero-order valence-electron chi connectivity index (χ0n) is 13.4. The van der Waals surface area contributed by atoms with Crippen molar-refractivity contribution in [3.05, 3.63) is 58.4 Å². The maximum absolute atomic E-state index is 12.5. The lowest BCUT2D eigenvalue weighted by Crippen LogP contribution is -2.16. The van der Waals surface area contributed by atoms with Gasteiger partial charge in [-0.3, -0.25) is 4.79 Å². The zero-order valence-corrected chi connectivity index (χ0v) is 14.3. The Kier molecular flexibility index (Phi) is 4.50. The molecule has 0 radical (unpaired) electrons. The highest BCUT2D eigenvalue weighted by Gasteiger charge is 2.11. The van der Waals surface area contributed by atoms with Gasteiger partial charge in [0, 0.05) is 5.56 Å². The molecule has 1 aromatic heterocycles.